The first kappa shape index (κ1) is 14.8. The number of rotatable bonds is 6. The van der Waals surface area contributed by atoms with Crippen molar-refractivity contribution in [1.82, 2.24) is 9.29 Å². The van der Waals surface area contributed by atoms with Gasteiger partial charge in [-0.05, 0) is 18.1 Å². The molecule has 1 aromatic carbocycles. The van der Waals surface area contributed by atoms with E-state index in [4.69, 9.17) is 5.11 Å². The average molecular weight is 294 g/mol. The molecule has 1 heterocycles. The number of aliphatic hydroxyl groups excluding tert-OH is 1. The zero-order valence-corrected chi connectivity index (χ0v) is 12.1. The number of hydrogen-bond donors (Lipinski definition) is 2. The molecule has 5 nitrogen and oxygen atoms in total. The minimum Gasteiger partial charge on any atom is -0.390 e. The lowest BCUT2D eigenvalue weighted by atomic mass is 10.2. The molecular formula is C14H18N2O3S. The minimum absolute atomic E-state index is 0.178. The molecule has 6 heteroatoms. The summed E-state index contributed by atoms with van der Waals surface area (Å²) in [7, 11) is -1.95. The van der Waals surface area contributed by atoms with Crippen molar-refractivity contribution in [3.05, 3.63) is 53.9 Å². The molecule has 0 spiro atoms. The second-order valence-electron chi connectivity index (χ2n) is 4.58. The average Bonchev–Trinajstić information content (AvgIpc) is 2.95. The molecule has 2 aromatic rings. The number of aromatic nitrogens is 1. The Morgan fingerprint density at radius 1 is 1.25 bits per heavy atom. The number of hydrogen-bond acceptors (Lipinski definition) is 3. The van der Waals surface area contributed by atoms with Crippen molar-refractivity contribution in [1.29, 1.82) is 0 Å². The number of likely N-dealkylation sites (N-methyl/N-ethyl adjacent to an activating group) is 1. The third-order valence-electron chi connectivity index (χ3n) is 3.15. The summed E-state index contributed by atoms with van der Waals surface area (Å²) in [6.07, 6.45) is 2.06. The second-order valence-corrected chi connectivity index (χ2v) is 6.63. The normalized spacial score (nSPS) is 11.9. The van der Waals surface area contributed by atoms with E-state index in [0.717, 1.165) is 5.56 Å². The molecule has 0 aliphatic heterocycles. The molecule has 108 valence electrons. The Hall–Kier alpha value is -1.63. The SMILES string of the molecule is CN(CCc1ccccc1)S(=O)(=O)c1c[nH]c(CO)c1. The van der Waals surface area contributed by atoms with Gasteiger partial charge >= 0.3 is 0 Å². The summed E-state index contributed by atoms with van der Waals surface area (Å²) in [5.74, 6) is 0. The van der Waals surface area contributed by atoms with Crippen LogP contribution >= 0.6 is 0 Å². The Morgan fingerprint density at radius 3 is 2.55 bits per heavy atom. The first-order valence-corrected chi connectivity index (χ1v) is 7.76. The van der Waals surface area contributed by atoms with Gasteiger partial charge in [-0.2, -0.15) is 0 Å². The molecule has 0 bridgehead atoms. The van der Waals surface area contributed by atoms with Crippen LogP contribution in [-0.4, -0.2) is 36.4 Å². The van der Waals surface area contributed by atoms with Crippen LogP contribution in [0.5, 0.6) is 0 Å². The summed E-state index contributed by atoms with van der Waals surface area (Å²) in [5.41, 5.74) is 1.58. The minimum atomic E-state index is -3.51. The Bertz CT molecular complexity index is 650. The molecule has 2 N–H and O–H groups in total. The number of aliphatic hydroxyl groups is 1. The fourth-order valence-electron chi connectivity index (χ4n) is 1.89. The molecule has 0 saturated carbocycles. The van der Waals surface area contributed by atoms with E-state index < -0.39 is 10.0 Å². The van der Waals surface area contributed by atoms with Crippen molar-refractivity contribution < 1.29 is 13.5 Å². The molecule has 0 radical (unpaired) electrons. The molecule has 0 aliphatic rings. The molecule has 0 aliphatic carbocycles. The highest BCUT2D eigenvalue weighted by Gasteiger charge is 2.21. The predicted octanol–water partition coefficient (Wildman–Crippen LogP) is 1.37. The summed E-state index contributed by atoms with van der Waals surface area (Å²) in [5, 5.41) is 8.97. The van der Waals surface area contributed by atoms with Crippen molar-refractivity contribution in [2.45, 2.75) is 17.9 Å². The van der Waals surface area contributed by atoms with Crippen molar-refractivity contribution in [3.8, 4) is 0 Å². The fraction of sp³-hybridized carbons (Fsp3) is 0.286. The number of aromatic amines is 1. The van der Waals surface area contributed by atoms with Gasteiger partial charge in [0.05, 0.1) is 11.5 Å². The van der Waals surface area contributed by atoms with E-state index in [-0.39, 0.29) is 11.5 Å². The van der Waals surface area contributed by atoms with Crippen molar-refractivity contribution >= 4 is 10.0 Å². The quantitative estimate of drug-likeness (QED) is 0.845. The van der Waals surface area contributed by atoms with E-state index in [1.165, 1.54) is 16.6 Å². The molecule has 0 unspecified atom stereocenters. The van der Waals surface area contributed by atoms with E-state index in [1.807, 2.05) is 30.3 Å². The van der Waals surface area contributed by atoms with Crippen molar-refractivity contribution in [3.63, 3.8) is 0 Å². The zero-order valence-electron chi connectivity index (χ0n) is 11.3. The number of benzene rings is 1. The maximum Gasteiger partial charge on any atom is 0.244 e. The van der Waals surface area contributed by atoms with Gasteiger partial charge in [-0.15, -0.1) is 0 Å². The Kier molecular flexibility index (Phi) is 4.59. The summed E-state index contributed by atoms with van der Waals surface area (Å²) in [6.45, 7) is 0.204. The Balaban J connectivity index is 2.05. The van der Waals surface area contributed by atoms with Gasteiger partial charge in [0, 0.05) is 25.5 Å². The first-order chi connectivity index (χ1) is 9.54. The summed E-state index contributed by atoms with van der Waals surface area (Å²) < 4.78 is 25.9. The van der Waals surface area contributed by atoms with Gasteiger partial charge in [0.25, 0.3) is 0 Å². The lowest BCUT2D eigenvalue weighted by molar-refractivity contribution is 0.277. The van der Waals surface area contributed by atoms with E-state index in [2.05, 4.69) is 4.98 Å². The molecule has 0 saturated heterocycles. The summed E-state index contributed by atoms with van der Waals surface area (Å²) in [4.78, 5) is 2.91. The lowest BCUT2D eigenvalue weighted by Gasteiger charge is -2.16. The summed E-state index contributed by atoms with van der Waals surface area (Å²) >= 11 is 0. The van der Waals surface area contributed by atoms with Crippen LogP contribution in [0.3, 0.4) is 0 Å². The molecule has 20 heavy (non-hydrogen) atoms. The predicted molar refractivity (Wildman–Crippen MR) is 76.7 cm³/mol. The Labute approximate surface area is 118 Å². The van der Waals surface area contributed by atoms with Gasteiger partial charge in [-0.25, -0.2) is 12.7 Å². The fourth-order valence-corrected chi connectivity index (χ4v) is 3.08. The molecule has 0 amide bonds. The van der Waals surface area contributed by atoms with Crippen molar-refractivity contribution in [2.24, 2.45) is 0 Å². The molecule has 2 rings (SSSR count). The number of H-pyrrole nitrogens is 1. The summed E-state index contributed by atoms with van der Waals surface area (Å²) in [6, 6.07) is 11.2. The molecular weight excluding hydrogens is 276 g/mol. The molecule has 0 atom stereocenters. The highest BCUT2D eigenvalue weighted by Crippen LogP contribution is 2.16. The first-order valence-electron chi connectivity index (χ1n) is 6.32. The third kappa shape index (κ3) is 3.27. The van der Waals surface area contributed by atoms with Gasteiger partial charge in [-0.3, -0.25) is 0 Å². The van der Waals surface area contributed by atoms with Crippen LogP contribution in [0.1, 0.15) is 11.3 Å². The largest absolute Gasteiger partial charge is 0.390 e. The van der Waals surface area contributed by atoms with Crippen LogP contribution in [0, 0.1) is 0 Å². The Morgan fingerprint density at radius 2 is 1.95 bits per heavy atom. The van der Waals surface area contributed by atoms with E-state index in [1.54, 1.807) is 7.05 Å². The maximum absolute atomic E-state index is 12.3. The topological polar surface area (TPSA) is 73.4 Å². The van der Waals surface area contributed by atoms with Gasteiger partial charge in [-0.1, -0.05) is 30.3 Å². The van der Waals surface area contributed by atoms with Crippen LogP contribution < -0.4 is 0 Å². The standard InChI is InChI=1S/C14H18N2O3S/c1-16(8-7-12-5-3-2-4-6-12)20(18,19)14-9-13(11-17)15-10-14/h2-6,9-10,15,17H,7-8,11H2,1H3. The van der Waals surface area contributed by atoms with E-state index in [0.29, 0.717) is 18.7 Å². The number of sulfonamides is 1. The molecule has 1 aromatic heterocycles. The number of nitrogens with one attached hydrogen (secondary N) is 1. The zero-order chi connectivity index (χ0) is 14.6. The van der Waals surface area contributed by atoms with E-state index >= 15 is 0 Å². The van der Waals surface area contributed by atoms with Gasteiger partial charge in [0.1, 0.15) is 0 Å². The highest BCUT2D eigenvalue weighted by molar-refractivity contribution is 7.89. The monoisotopic (exact) mass is 294 g/mol. The van der Waals surface area contributed by atoms with Crippen LogP contribution in [0.25, 0.3) is 0 Å². The highest BCUT2D eigenvalue weighted by atomic mass is 32.2. The van der Waals surface area contributed by atoms with Crippen LogP contribution in [0.4, 0.5) is 0 Å². The number of nitrogens with zero attached hydrogens (tertiary/aromatic N) is 1. The van der Waals surface area contributed by atoms with Crippen molar-refractivity contribution in [2.75, 3.05) is 13.6 Å². The maximum atomic E-state index is 12.3. The molecule has 0 fully saturated rings. The van der Waals surface area contributed by atoms with Gasteiger partial charge < -0.3 is 10.1 Å². The third-order valence-corrected chi connectivity index (χ3v) is 4.99. The van der Waals surface area contributed by atoms with Crippen LogP contribution in [0.2, 0.25) is 0 Å². The van der Waals surface area contributed by atoms with E-state index in [9.17, 15) is 8.42 Å². The van der Waals surface area contributed by atoms with Gasteiger partial charge in [0.15, 0.2) is 0 Å². The smallest absolute Gasteiger partial charge is 0.244 e. The lowest BCUT2D eigenvalue weighted by Crippen LogP contribution is -2.28. The van der Waals surface area contributed by atoms with Gasteiger partial charge in [0.2, 0.25) is 10.0 Å². The second kappa shape index (κ2) is 6.21. The van der Waals surface area contributed by atoms with Crippen LogP contribution in [0.15, 0.2) is 47.5 Å². The van der Waals surface area contributed by atoms with Crippen LogP contribution in [-0.2, 0) is 23.1 Å².